The number of aromatic nitrogens is 4. The zero-order valence-corrected chi connectivity index (χ0v) is 16.9. The van der Waals surface area contributed by atoms with E-state index in [1.807, 2.05) is 42.2 Å². The fraction of sp³-hybridized carbons (Fsp3) is 0.304. The maximum absolute atomic E-state index is 13.3. The molecule has 2 aromatic carbocycles. The summed E-state index contributed by atoms with van der Waals surface area (Å²) in [4.78, 5) is 15.2. The number of fused-ring (bicyclic) bond motifs is 3. The molecule has 152 valence electrons. The number of rotatable bonds is 5. The highest BCUT2D eigenvalue weighted by Gasteiger charge is 2.25. The van der Waals surface area contributed by atoms with Crippen molar-refractivity contribution in [3.05, 3.63) is 71.3 Å². The van der Waals surface area contributed by atoms with Gasteiger partial charge in [0.25, 0.3) is 5.91 Å². The van der Waals surface area contributed by atoms with Gasteiger partial charge in [-0.1, -0.05) is 30.3 Å². The van der Waals surface area contributed by atoms with E-state index in [-0.39, 0.29) is 12.0 Å². The molecule has 0 N–H and O–H groups in total. The number of carbonyl (C=O) groups excluding carboxylic acids is 1. The van der Waals surface area contributed by atoms with Gasteiger partial charge in [-0.15, -0.1) is 5.10 Å². The summed E-state index contributed by atoms with van der Waals surface area (Å²) >= 11 is 0. The number of pyridine rings is 1. The van der Waals surface area contributed by atoms with Gasteiger partial charge in [0, 0.05) is 36.2 Å². The van der Waals surface area contributed by atoms with Crippen molar-refractivity contribution in [2.75, 3.05) is 13.2 Å². The SMILES string of the molecule is Cc1ccc2cc(CN(CC3CCCO3)C(=O)c3ccccc3)c3nnnn3c2c1. The summed E-state index contributed by atoms with van der Waals surface area (Å²) < 4.78 is 7.58. The van der Waals surface area contributed by atoms with Crippen LogP contribution in [0.25, 0.3) is 16.6 Å². The van der Waals surface area contributed by atoms with Gasteiger partial charge in [-0.2, -0.15) is 4.52 Å². The summed E-state index contributed by atoms with van der Waals surface area (Å²) in [6, 6.07) is 17.7. The van der Waals surface area contributed by atoms with Crippen LogP contribution in [0, 0.1) is 6.92 Å². The molecule has 7 heteroatoms. The summed E-state index contributed by atoms with van der Waals surface area (Å²) in [5, 5.41) is 13.4. The van der Waals surface area contributed by atoms with E-state index in [1.54, 1.807) is 4.52 Å². The van der Waals surface area contributed by atoms with Crippen LogP contribution in [-0.2, 0) is 11.3 Å². The van der Waals surface area contributed by atoms with Crippen LogP contribution in [0.1, 0.15) is 34.3 Å². The summed E-state index contributed by atoms with van der Waals surface area (Å²) in [7, 11) is 0. The molecule has 1 aliphatic rings. The second kappa shape index (κ2) is 7.84. The smallest absolute Gasteiger partial charge is 0.254 e. The average molecular weight is 401 g/mol. The highest BCUT2D eigenvalue weighted by molar-refractivity contribution is 5.94. The first kappa shape index (κ1) is 18.7. The minimum atomic E-state index is -0.0132. The van der Waals surface area contributed by atoms with Crippen LogP contribution < -0.4 is 0 Å². The van der Waals surface area contributed by atoms with Gasteiger partial charge in [0.1, 0.15) is 0 Å². The van der Waals surface area contributed by atoms with Gasteiger partial charge in [0.2, 0.25) is 0 Å². The molecule has 0 saturated carbocycles. The predicted molar refractivity (Wildman–Crippen MR) is 113 cm³/mol. The fourth-order valence-corrected chi connectivity index (χ4v) is 4.10. The Morgan fingerprint density at radius 1 is 1.20 bits per heavy atom. The molecule has 4 aromatic rings. The lowest BCUT2D eigenvalue weighted by Gasteiger charge is -2.26. The van der Waals surface area contributed by atoms with E-state index in [1.165, 1.54) is 0 Å². The molecule has 1 aliphatic heterocycles. The Labute approximate surface area is 174 Å². The minimum absolute atomic E-state index is 0.0132. The van der Waals surface area contributed by atoms with Gasteiger partial charge >= 0.3 is 0 Å². The number of benzene rings is 2. The van der Waals surface area contributed by atoms with Crippen molar-refractivity contribution in [2.24, 2.45) is 0 Å². The molecule has 0 bridgehead atoms. The topological polar surface area (TPSA) is 72.6 Å². The molecule has 3 heterocycles. The van der Waals surface area contributed by atoms with Crippen molar-refractivity contribution in [1.29, 1.82) is 0 Å². The van der Waals surface area contributed by atoms with Gasteiger partial charge in [-0.3, -0.25) is 4.79 Å². The Kier molecular flexibility index (Phi) is 4.88. The minimum Gasteiger partial charge on any atom is -0.376 e. The van der Waals surface area contributed by atoms with Crippen molar-refractivity contribution < 1.29 is 9.53 Å². The average Bonchev–Trinajstić information content (AvgIpc) is 3.46. The maximum Gasteiger partial charge on any atom is 0.254 e. The van der Waals surface area contributed by atoms with Crippen LogP contribution in [-0.4, -0.2) is 50.1 Å². The summed E-state index contributed by atoms with van der Waals surface area (Å²) in [6.45, 7) is 3.77. The van der Waals surface area contributed by atoms with Crippen LogP contribution in [0.4, 0.5) is 0 Å². The number of aryl methyl sites for hydroxylation is 1. The second-order valence-electron chi connectivity index (χ2n) is 7.83. The quantitative estimate of drug-likeness (QED) is 0.512. The van der Waals surface area contributed by atoms with Gasteiger partial charge in [-0.05, 0) is 60.0 Å². The molecule has 1 amide bonds. The Morgan fingerprint density at radius 2 is 2.07 bits per heavy atom. The third-order valence-electron chi connectivity index (χ3n) is 5.62. The van der Waals surface area contributed by atoms with Gasteiger partial charge in [0.05, 0.1) is 11.6 Å². The van der Waals surface area contributed by atoms with Crippen LogP contribution in [0.2, 0.25) is 0 Å². The Balaban J connectivity index is 1.55. The van der Waals surface area contributed by atoms with Crippen molar-refractivity contribution in [1.82, 2.24) is 24.9 Å². The Hall–Kier alpha value is -3.32. The maximum atomic E-state index is 13.3. The lowest BCUT2D eigenvalue weighted by molar-refractivity contribution is 0.0508. The van der Waals surface area contributed by atoms with E-state index in [0.29, 0.717) is 24.3 Å². The van der Waals surface area contributed by atoms with E-state index in [9.17, 15) is 4.79 Å². The number of tetrazole rings is 1. The van der Waals surface area contributed by atoms with E-state index in [0.717, 1.165) is 41.5 Å². The molecule has 7 nitrogen and oxygen atoms in total. The highest BCUT2D eigenvalue weighted by Crippen LogP contribution is 2.23. The fourth-order valence-electron chi connectivity index (χ4n) is 4.10. The van der Waals surface area contributed by atoms with Crippen molar-refractivity contribution in [3.8, 4) is 0 Å². The molecule has 30 heavy (non-hydrogen) atoms. The van der Waals surface area contributed by atoms with E-state index in [2.05, 4.69) is 39.8 Å². The lowest BCUT2D eigenvalue weighted by atomic mass is 10.1. The molecule has 0 spiro atoms. The molecule has 1 unspecified atom stereocenters. The first-order chi connectivity index (χ1) is 14.7. The number of amides is 1. The van der Waals surface area contributed by atoms with Crippen LogP contribution in [0.5, 0.6) is 0 Å². The number of hydrogen-bond donors (Lipinski definition) is 0. The molecule has 0 radical (unpaired) electrons. The molecule has 0 aliphatic carbocycles. The zero-order valence-electron chi connectivity index (χ0n) is 16.9. The van der Waals surface area contributed by atoms with Crippen LogP contribution in [0.15, 0.2) is 54.6 Å². The monoisotopic (exact) mass is 401 g/mol. The van der Waals surface area contributed by atoms with E-state index < -0.39 is 0 Å². The molecule has 1 fully saturated rings. The number of nitrogens with zero attached hydrogens (tertiary/aromatic N) is 5. The Bertz CT molecular complexity index is 1200. The third-order valence-corrected chi connectivity index (χ3v) is 5.62. The molecular formula is C23H23N5O2. The summed E-state index contributed by atoms with van der Waals surface area (Å²) in [5.74, 6) is -0.0132. The standard InChI is InChI=1S/C23H23N5O2/c1-16-9-10-18-13-19(22-24-25-26-28(22)21(18)12-16)14-27(15-20-8-5-11-30-20)23(29)17-6-3-2-4-7-17/h2-4,6-7,9-10,12-13,20H,5,8,11,14-15H2,1H3. The number of hydrogen-bond acceptors (Lipinski definition) is 5. The summed E-state index contributed by atoms with van der Waals surface area (Å²) in [5.41, 5.74) is 4.36. The first-order valence-corrected chi connectivity index (χ1v) is 10.3. The van der Waals surface area contributed by atoms with E-state index >= 15 is 0 Å². The second-order valence-corrected chi connectivity index (χ2v) is 7.83. The Morgan fingerprint density at radius 3 is 2.87 bits per heavy atom. The van der Waals surface area contributed by atoms with Crippen LogP contribution in [0.3, 0.4) is 0 Å². The van der Waals surface area contributed by atoms with Crippen molar-refractivity contribution in [3.63, 3.8) is 0 Å². The zero-order chi connectivity index (χ0) is 20.5. The normalized spacial score (nSPS) is 16.4. The number of carbonyl (C=O) groups is 1. The molecule has 2 aromatic heterocycles. The summed E-state index contributed by atoms with van der Waals surface area (Å²) in [6.07, 6.45) is 2.07. The van der Waals surface area contributed by atoms with Crippen molar-refractivity contribution in [2.45, 2.75) is 32.4 Å². The molecule has 1 atom stereocenters. The van der Waals surface area contributed by atoms with Gasteiger partial charge in [-0.25, -0.2) is 0 Å². The third kappa shape index (κ3) is 3.52. The molecule has 5 rings (SSSR count). The largest absolute Gasteiger partial charge is 0.376 e. The molecule has 1 saturated heterocycles. The number of ether oxygens (including phenoxy) is 1. The lowest BCUT2D eigenvalue weighted by Crippen LogP contribution is -2.37. The van der Waals surface area contributed by atoms with E-state index in [4.69, 9.17) is 4.74 Å². The van der Waals surface area contributed by atoms with Gasteiger partial charge < -0.3 is 9.64 Å². The van der Waals surface area contributed by atoms with Crippen molar-refractivity contribution >= 4 is 22.5 Å². The highest BCUT2D eigenvalue weighted by atomic mass is 16.5. The van der Waals surface area contributed by atoms with Crippen LogP contribution >= 0.6 is 0 Å². The predicted octanol–water partition coefficient (Wildman–Crippen LogP) is 3.41. The first-order valence-electron chi connectivity index (χ1n) is 10.3. The van der Waals surface area contributed by atoms with Gasteiger partial charge in [0.15, 0.2) is 5.65 Å². The molecular weight excluding hydrogens is 378 g/mol.